The molecule has 4 N–H and O–H groups in total. The van der Waals surface area contributed by atoms with E-state index in [1.165, 1.54) is 0 Å². The van der Waals surface area contributed by atoms with E-state index in [0.29, 0.717) is 11.3 Å². The Morgan fingerprint density at radius 3 is 2.17 bits per heavy atom. The second-order valence-electron chi connectivity index (χ2n) is 5.07. The first-order valence-corrected chi connectivity index (χ1v) is 7.39. The summed E-state index contributed by atoms with van der Waals surface area (Å²) in [6.45, 7) is 0.196. The fourth-order valence-electron chi connectivity index (χ4n) is 1.86. The van der Waals surface area contributed by atoms with Crippen LogP contribution in [0.25, 0.3) is 0 Å². The normalized spacial score (nSPS) is 12.0. The highest BCUT2D eigenvalue weighted by molar-refractivity contribution is 5.94. The molecule has 0 aliphatic heterocycles. The van der Waals surface area contributed by atoms with Gasteiger partial charge in [-0.3, -0.25) is 9.59 Å². The summed E-state index contributed by atoms with van der Waals surface area (Å²) in [6, 6.07) is 15.0. The van der Waals surface area contributed by atoms with Crippen molar-refractivity contribution in [1.29, 1.82) is 0 Å². The van der Waals surface area contributed by atoms with Gasteiger partial charge >= 0.3 is 5.97 Å². The second-order valence-corrected chi connectivity index (χ2v) is 5.07. The SMILES string of the molecule is N[C@@H](CCNC(=O)c1ccc(N=Nc2ccccc2)cc1)C(=O)O. The molecule has 2 aromatic rings. The lowest BCUT2D eigenvalue weighted by atomic mass is 10.2. The number of nitrogens with zero attached hydrogens (tertiary/aromatic N) is 2. The topological polar surface area (TPSA) is 117 Å². The maximum absolute atomic E-state index is 11.9. The predicted octanol–water partition coefficient (Wildman–Crippen LogP) is 2.63. The number of carbonyl (C=O) groups is 2. The predicted molar refractivity (Wildman–Crippen MR) is 89.6 cm³/mol. The highest BCUT2D eigenvalue weighted by atomic mass is 16.4. The first kappa shape index (κ1) is 17.3. The van der Waals surface area contributed by atoms with E-state index in [1.54, 1.807) is 24.3 Å². The minimum Gasteiger partial charge on any atom is -0.480 e. The van der Waals surface area contributed by atoms with Gasteiger partial charge in [-0.1, -0.05) is 18.2 Å². The van der Waals surface area contributed by atoms with E-state index < -0.39 is 12.0 Å². The summed E-state index contributed by atoms with van der Waals surface area (Å²) in [7, 11) is 0. The highest BCUT2D eigenvalue weighted by Gasteiger charge is 2.11. The molecule has 24 heavy (non-hydrogen) atoms. The Hall–Kier alpha value is -3.06. The third-order valence-corrected chi connectivity index (χ3v) is 3.22. The Morgan fingerprint density at radius 1 is 1.00 bits per heavy atom. The molecule has 0 bridgehead atoms. The molecular weight excluding hydrogens is 308 g/mol. The third-order valence-electron chi connectivity index (χ3n) is 3.22. The van der Waals surface area contributed by atoms with Gasteiger partial charge in [0.05, 0.1) is 11.4 Å². The molecule has 0 aliphatic rings. The van der Waals surface area contributed by atoms with Crippen molar-refractivity contribution in [3.63, 3.8) is 0 Å². The number of aliphatic carboxylic acids is 1. The van der Waals surface area contributed by atoms with Crippen LogP contribution < -0.4 is 11.1 Å². The zero-order valence-corrected chi connectivity index (χ0v) is 12.9. The molecule has 124 valence electrons. The lowest BCUT2D eigenvalue weighted by Gasteiger charge is -2.08. The number of carboxylic acid groups (broad SMARTS) is 1. The quantitative estimate of drug-likeness (QED) is 0.678. The smallest absolute Gasteiger partial charge is 0.320 e. The largest absolute Gasteiger partial charge is 0.480 e. The van der Waals surface area contributed by atoms with E-state index in [2.05, 4.69) is 15.5 Å². The summed E-state index contributed by atoms with van der Waals surface area (Å²) in [5, 5.41) is 19.5. The first-order chi connectivity index (χ1) is 11.6. The average molecular weight is 326 g/mol. The highest BCUT2D eigenvalue weighted by Crippen LogP contribution is 2.18. The van der Waals surface area contributed by atoms with E-state index in [-0.39, 0.29) is 18.9 Å². The number of azo groups is 1. The van der Waals surface area contributed by atoms with Crippen molar-refractivity contribution in [2.45, 2.75) is 12.5 Å². The van der Waals surface area contributed by atoms with Crippen molar-refractivity contribution in [2.24, 2.45) is 16.0 Å². The molecule has 7 heteroatoms. The number of benzene rings is 2. The number of nitrogens with one attached hydrogen (secondary N) is 1. The van der Waals surface area contributed by atoms with E-state index in [4.69, 9.17) is 10.8 Å². The second kappa shape index (κ2) is 8.54. The Bertz CT molecular complexity index is 714. The molecule has 0 aliphatic carbocycles. The fourth-order valence-corrected chi connectivity index (χ4v) is 1.86. The van der Waals surface area contributed by atoms with Crippen molar-refractivity contribution >= 4 is 23.3 Å². The number of rotatable bonds is 7. The van der Waals surface area contributed by atoms with Crippen LogP contribution in [-0.4, -0.2) is 29.6 Å². The maximum Gasteiger partial charge on any atom is 0.320 e. The van der Waals surface area contributed by atoms with Crippen molar-refractivity contribution in [1.82, 2.24) is 5.32 Å². The van der Waals surface area contributed by atoms with Gasteiger partial charge in [-0.05, 0) is 42.8 Å². The van der Waals surface area contributed by atoms with Gasteiger partial charge in [-0.25, -0.2) is 0 Å². The van der Waals surface area contributed by atoms with Gasteiger partial charge in [-0.15, -0.1) is 0 Å². The fraction of sp³-hybridized carbons (Fsp3) is 0.176. The molecule has 0 fully saturated rings. The first-order valence-electron chi connectivity index (χ1n) is 7.39. The van der Waals surface area contributed by atoms with Gasteiger partial charge < -0.3 is 16.2 Å². The van der Waals surface area contributed by atoms with Crippen LogP contribution in [-0.2, 0) is 4.79 Å². The monoisotopic (exact) mass is 326 g/mol. The molecular formula is C17H18N4O3. The Morgan fingerprint density at radius 2 is 1.58 bits per heavy atom. The Balaban J connectivity index is 1.88. The number of hydrogen-bond donors (Lipinski definition) is 3. The number of carbonyl (C=O) groups excluding carboxylic acids is 1. The van der Waals surface area contributed by atoms with Gasteiger partial charge in [0.25, 0.3) is 5.91 Å². The summed E-state index contributed by atoms with van der Waals surface area (Å²) in [5.41, 5.74) is 7.20. The number of nitrogens with two attached hydrogens (primary N) is 1. The molecule has 0 heterocycles. The van der Waals surface area contributed by atoms with Crippen LogP contribution in [0.2, 0.25) is 0 Å². The van der Waals surface area contributed by atoms with E-state index in [0.717, 1.165) is 5.69 Å². The average Bonchev–Trinajstić information content (AvgIpc) is 2.61. The van der Waals surface area contributed by atoms with E-state index >= 15 is 0 Å². The van der Waals surface area contributed by atoms with Crippen molar-refractivity contribution in [3.8, 4) is 0 Å². The van der Waals surface area contributed by atoms with Crippen molar-refractivity contribution in [2.75, 3.05) is 6.54 Å². The summed E-state index contributed by atoms with van der Waals surface area (Å²) in [5.74, 6) is -1.38. The van der Waals surface area contributed by atoms with Crippen LogP contribution in [0.3, 0.4) is 0 Å². The lowest BCUT2D eigenvalue weighted by Crippen LogP contribution is -2.35. The molecule has 2 rings (SSSR count). The number of amides is 1. The number of carboxylic acids is 1. The van der Waals surface area contributed by atoms with Gasteiger partial charge in [0, 0.05) is 12.1 Å². The zero-order valence-electron chi connectivity index (χ0n) is 12.9. The molecule has 0 saturated heterocycles. The summed E-state index contributed by atoms with van der Waals surface area (Å²) in [4.78, 5) is 22.5. The molecule has 0 saturated carbocycles. The summed E-state index contributed by atoms with van der Waals surface area (Å²) < 4.78 is 0. The molecule has 0 radical (unpaired) electrons. The van der Waals surface area contributed by atoms with Gasteiger partial charge in [0.2, 0.25) is 0 Å². The van der Waals surface area contributed by atoms with Crippen LogP contribution in [0.15, 0.2) is 64.8 Å². The van der Waals surface area contributed by atoms with E-state index in [9.17, 15) is 9.59 Å². The van der Waals surface area contributed by atoms with Gasteiger partial charge in [-0.2, -0.15) is 10.2 Å². The number of hydrogen-bond acceptors (Lipinski definition) is 5. The Labute approximate surface area is 139 Å². The molecule has 2 aromatic carbocycles. The summed E-state index contributed by atoms with van der Waals surface area (Å²) in [6.07, 6.45) is 0.171. The van der Waals surface area contributed by atoms with Crippen LogP contribution in [0.1, 0.15) is 16.8 Å². The molecule has 1 atom stereocenters. The van der Waals surface area contributed by atoms with Crippen molar-refractivity contribution < 1.29 is 14.7 Å². The molecule has 0 spiro atoms. The minimum atomic E-state index is -1.09. The minimum absolute atomic E-state index is 0.171. The van der Waals surface area contributed by atoms with Crippen LogP contribution in [0, 0.1) is 0 Å². The third kappa shape index (κ3) is 5.29. The van der Waals surface area contributed by atoms with Crippen LogP contribution >= 0.6 is 0 Å². The van der Waals surface area contributed by atoms with Crippen molar-refractivity contribution in [3.05, 3.63) is 60.2 Å². The zero-order chi connectivity index (χ0) is 17.4. The molecule has 7 nitrogen and oxygen atoms in total. The van der Waals surface area contributed by atoms with Crippen LogP contribution in [0.4, 0.5) is 11.4 Å². The maximum atomic E-state index is 11.9. The molecule has 0 aromatic heterocycles. The van der Waals surface area contributed by atoms with E-state index in [1.807, 2.05) is 30.3 Å². The standard InChI is InChI=1S/C17H18N4O3/c18-15(17(23)24)10-11-19-16(22)12-6-8-14(9-7-12)21-20-13-4-2-1-3-5-13/h1-9,15H,10-11,18H2,(H,19,22)(H,23,24)/t15-/m0/s1. The molecule has 1 amide bonds. The Kier molecular flexibility index (Phi) is 6.16. The summed E-state index contributed by atoms with van der Waals surface area (Å²) >= 11 is 0. The van der Waals surface area contributed by atoms with Gasteiger partial charge in [0.1, 0.15) is 6.04 Å². The van der Waals surface area contributed by atoms with Crippen LogP contribution in [0.5, 0.6) is 0 Å². The van der Waals surface area contributed by atoms with Gasteiger partial charge in [0.15, 0.2) is 0 Å². The lowest BCUT2D eigenvalue weighted by molar-refractivity contribution is -0.138. The molecule has 0 unspecified atom stereocenters.